The van der Waals surface area contributed by atoms with Crippen LogP contribution in [-0.4, -0.2) is 33.1 Å². The average molecular weight is 366 g/mol. The predicted octanol–water partition coefficient (Wildman–Crippen LogP) is 2.11. The fraction of sp³-hybridized carbons (Fsp3) is 0.316. The molecule has 0 radical (unpaired) electrons. The van der Waals surface area contributed by atoms with E-state index in [1.54, 1.807) is 24.7 Å². The molecule has 0 unspecified atom stereocenters. The minimum Gasteiger partial charge on any atom is -0.366 e. The van der Waals surface area contributed by atoms with Crippen LogP contribution in [-0.2, 0) is 10.2 Å². The van der Waals surface area contributed by atoms with E-state index in [1.807, 2.05) is 0 Å². The molecular formula is C19H19FN6O. The Morgan fingerprint density at radius 2 is 2.04 bits per heavy atom. The fourth-order valence-electron chi connectivity index (χ4n) is 3.45. The quantitative estimate of drug-likeness (QED) is 0.814. The van der Waals surface area contributed by atoms with E-state index in [0.29, 0.717) is 35.9 Å². The summed E-state index contributed by atoms with van der Waals surface area (Å²) in [6.45, 7) is 0.522. The van der Waals surface area contributed by atoms with Crippen molar-refractivity contribution in [3.63, 3.8) is 0 Å². The Balaban J connectivity index is 1.42. The van der Waals surface area contributed by atoms with Gasteiger partial charge in [0.1, 0.15) is 5.82 Å². The lowest BCUT2D eigenvalue weighted by molar-refractivity contribution is -0.114. The number of carbonyl (C=O) groups is 1. The Hall–Kier alpha value is -3.16. The van der Waals surface area contributed by atoms with Crippen LogP contribution < -0.4 is 11.1 Å². The number of aromatic nitrogens is 3. The summed E-state index contributed by atoms with van der Waals surface area (Å²) in [5.41, 5.74) is 7.37. The molecule has 2 aliphatic rings. The molecule has 7 nitrogen and oxygen atoms in total. The topological polar surface area (TPSA) is 106 Å². The van der Waals surface area contributed by atoms with E-state index >= 15 is 0 Å². The normalized spacial score (nSPS) is 17.7. The maximum Gasteiger partial charge on any atom is 0.246 e. The lowest BCUT2D eigenvalue weighted by Gasteiger charge is -2.41. The second-order valence-corrected chi connectivity index (χ2v) is 6.89. The van der Waals surface area contributed by atoms with Crippen molar-refractivity contribution >= 4 is 17.6 Å². The van der Waals surface area contributed by atoms with E-state index < -0.39 is 5.91 Å². The number of nitrogens with zero attached hydrogens (tertiary/aromatic N) is 4. The van der Waals surface area contributed by atoms with Gasteiger partial charge in [-0.25, -0.2) is 14.4 Å². The van der Waals surface area contributed by atoms with Crippen LogP contribution >= 0.6 is 0 Å². The van der Waals surface area contributed by atoms with Crippen molar-refractivity contribution in [2.75, 3.05) is 11.9 Å². The monoisotopic (exact) mass is 366 g/mol. The molecule has 8 heteroatoms. The maximum atomic E-state index is 14.2. The van der Waals surface area contributed by atoms with Gasteiger partial charge in [0.2, 0.25) is 11.9 Å². The third-order valence-electron chi connectivity index (χ3n) is 5.19. The van der Waals surface area contributed by atoms with Gasteiger partial charge in [0.15, 0.2) is 0 Å². The van der Waals surface area contributed by atoms with Crippen LogP contribution in [0.3, 0.4) is 0 Å². The van der Waals surface area contributed by atoms with E-state index in [0.717, 1.165) is 24.8 Å². The Bertz CT molecular complexity index is 933. The molecule has 1 fully saturated rings. The second kappa shape index (κ2) is 6.86. The molecule has 138 valence electrons. The molecule has 2 aromatic rings. The average Bonchev–Trinajstić information content (AvgIpc) is 3.13. The zero-order valence-electron chi connectivity index (χ0n) is 14.7. The van der Waals surface area contributed by atoms with E-state index in [2.05, 4.69) is 25.3 Å². The van der Waals surface area contributed by atoms with Crippen molar-refractivity contribution in [3.8, 4) is 0 Å². The van der Waals surface area contributed by atoms with Crippen LogP contribution in [0.1, 0.15) is 36.9 Å². The molecule has 0 atom stereocenters. The molecular weight excluding hydrogens is 347 g/mol. The highest BCUT2D eigenvalue weighted by Gasteiger charge is 2.41. The number of hydrogen-bond acceptors (Lipinski definition) is 6. The van der Waals surface area contributed by atoms with Crippen molar-refractivity contribution in [1.29, 1.82) is 0 Å². The Morgan fingerprint density at radius 3 is 2.63 bits per heavy atom. The number of hydrogen-bond donors (Lipinski definition) is 2. The number of halogens is 1. The molecule has 3 N–H and O–H groups in total. The number of anilines is 1. The van der Waals surface area contributed by atoms with Crippen molar-refractivity contribution < 1.29 is 9.18 Å². The number of amides is 1. The van der Waals surface area contributed by atoms with Gasteiger partial charge in [-0.3, -0.25) is 14.8 Å². The molecule has 2 aromatic heterocycles. The Kier molecular flexibility index (Phi) is 4.39. The first kappa shape index (κ1) is 17.3. The number of primary amides is 1. The predicted molar refractivity (Wildman–Crippen MR) is 98.7 cm³/mol. The summed E-state index contributed by atoms with van der Waals surface area (Å²) >= 11 is 0. The van der Waals surface area contributed by atoms with Crippen molar-refractivity contribution in [2.24, 2.45) is 10.7 Å². The first-order valence-corrected chi connectivity index (χ1v) is 8.80. The minimum absolute atomic E-state index is 0.271. The summed E-state index contributed by atoms with van der Waals surface area (Å²) in [4.78, 5) is 28.3. The molecule has 0 bridgehead atoms. The number of nitrogens with one attached hydrogen (secondary N) is 1. The van der Waals surface area contributed by atoms with Crippen LogP contribution in [0.25, 0.3) is 0 Å². The van der Waals surface area contributed by atoms with Gasteiger partial charge in [0, 0.05) is 54.3 Å². The summed E-state index contributed by atoms with van der Waals surface area (Å²) in [7, 11) is 0. The molecule has 0 aromatic carbocycles. The number of carbonyl (C=O) groups excluding carboxylic acids is 1. The fourth-order valence-corrected chi connectivity index (χ4v) is 3.45. The Labute approximate surface area is 155 Å². The smallest absolute Gasteiger partial charge is 0.246 e. The third-order valence-corrected chi connectivity index (χ3v) is 5.19. The molecule has 1 saturated carbocycles. The van der Waals surface area contributed by atoms with Gasteiger partial charge in [-0.2, -0.15) is 0 Å². The van der Waals surface area contributed by atoms with Gasteiger partial charge >= 0.3 is 0 Å². The standard InChI is InChI=1S/C19H19FN6O/c20-14-3-1-6-22-16(14)19(4-2-5-19)11-26-18-24-9-13(10-25-18)15-7-12(8-23-15)17(21)27/h1,3,6,8-10H,2,4-5,7,11H2,(H2,21,27)(H,24,25,26). The number of aliphatic imine (C=N–C) groups is 1. The zero-order valence-corrected chi connectivity index (χ0v) is 14.7. The highest BCUT2D eigenvalue weighted by atomic mass is 19.1. The Morgan fingerprint density at radius 1 is 1.26 bits per heavy atom. The summed E-state index contributed by atoms with van der Waals surface area (Å²) in [6, 6.07) is 3.05. The minimum atomic E-state index is -0.472. The van der Waals surface area contributed by atoms with Crippen molar-refractivity contribution in [3.05, 3.63) is 59.6 Å². The van der Waals surface area contributed by atoms with Gasteiger partial charge in [-0.15, -0.1) is 0 Å². The zero-order chi connectivity index (χ0) is 18.9. The summed E-state index contributed by atoms with van der Waals surface area (Å²) in [5, 5.41) is 3.20. The van der Waals surface area contributed by atoms with Gasteiger partial charge in [-0.05, 0) is 25.0 Å². The maximum absolute atomic E-state index is 14.2. The molecule has 3 heterocycles. The van der Waals surface area contributed by atoms with Gasteiger partial charge in [0.25, 0.3) is 0 Å². The lowest BCUT2D eigenvalue weighted by Crippen LogP contribution is -2.42. The van der Waals surface area contributed by atoms with Crippen molar-refractivity contribution in [2.45, 2.75) is 31.1 Å². The molecule has 0 saturated heterocycles. The third kappa shape index (κ3) is 3.30. The first-order chi connectivity index (χ1) is 13.1. The number of nitrogens with two attached hydrogens (primary N) is 1. The molecule has 27 heavy (non-hydrogen) atoms. The van der Waals surface area contributed by atoms with Crippen LogP contribution in [0.4, 0.5) is 10.3 Å². The van der Waals surface area contributed by atoms with E-state index in [9.17, 15) is 9.18 Å². The summed E-state index contributed by atoms with van der Waals surface area (Å²) < 4.78 is 14.2. The number of pyridine rings is 1. The van der Waals surface area contributed by atoms with Crippen LogP contribution in [0.2, 0.25) is 0 Å². The van der Waals surface area contributed by atoms with Crippen LogP contribution in [0, 0.1) is 5.82 Å². The molecule has 1 aliphatic carbocycles. The highest BCUT2D eigenvalue weighted by Crippen LogP contribution is 2.43. The lowest BCUT2D eigenvalue weighted by atomic mass is 9.66. The summed E-state index contributed by atoms with van der Waals surface area (Å²) in [5.74, 6) is -0.282. The van der Waals surface area contributed by atoms with Gasteiger partial charge in [-0.1, -0.05) is 6.42 Å². The van der Waals surface area contributed by atoms with Gasteiger partial charge < -0.3 is 11.1 Å². The van der Waals surface area contributed by atoms with Crippen LogP contribution in [0.5, 0.6) is 0 Å². The largest absolute Gasteiger partial charge is 0.366 e. The molecule has 4 rings (SSSR count). The first-order valence-electron chi connectivity index (χ1n) is 8.80. The van der Waals surface area contributed by atoms with E-state index in [4.69, 9.17) is 5.73 Å². The van der Waals surface area contributed by atoms with Crippen molar-refractivity contribution in [1.82, 2.24) is 15.0 Å². The molecule has 0 spiro atoms. The van der Waals surface area contributed by atoms with Crippen LogP contribution in [0.15, 0.2) is 47.5 Å². The molecule has 1 amide bonds. The van der Waals surface area contributed by atoms with Gasteiger partial charge in [0.05, 0.1) is 11.4 Å². The van der Waals surface area contributed by atoms with E-state index in [-0.39, 0.29) is 11.2 Å². The highest BCUT2D eigenvalue weighted by molar-refractivity contribution is 6.09. The van der Waals surface area contributed by atoms with E-state index in [1.165, 1.54) is 12.3 Å². The number of rotatable bonds is 6. The molecule has 1 aliphatic heterocycles. The second-order valence-electron chi connectivity index (χ2n) is 6.89. The summed E-state index contributed by atoms with van der Waals surface area (Å²) in [6.07, 6.45) is 9.60. The SMILES string of the molecule is NC(=O)C1=CN=C(c2cnc(NCC3(c4ncccc4F)CCC3)nc2)C1.